The van der Waals surface area contributed by atoms with Gasteiger partial charge in [-0.15, -0.1) is 0 Å². The Morgan fingerprint density at radius 2 is 1.87 bits per heavy atom. The summed E-state index contributed by atoms with van der Waals surface area (Å²) in [6.07, 6.45) is 1.19. The lowest BCUT2D eigenvalue weighted by atomic mass is 9.92. The quantitative estimate of drug-likeness (QED) is 0.800. The lowest BCUT2D eigenvalue weighted by Gasteiger charge is -2.37. The van der Waals surface area contributed by atoms with Crippen LogP contribution >= 0.6 is 0 Å². The smallest absolute Gasteiger partial charge is 0.161 e. The first kappa shape index (κ1) is 17.5. The van der Waals surface area contributed by atoms with Crippen molar-refractivity contribution in [2.75, 3.05) is 37.6 Å². The molecular weight excluding hydrogens is 286 g/mol. The SMILES string of the molecule is CC(=O)c1ccc(C#N)cc1N1CCN(CCC(C)(C)C)CC1. The van der Waals surface area contributed by atoms with E-state index in [0.717, 1.165) is 38.4 Å². The fraction of sp³-hybridized carbons (Fsp3) is 0.579. The molecule has 4 heteroatoms. The molecule has 2 rings (SSSR count). The second-order valence-electron chi connectivity index (χ2n) is 7.54. The van der Waals surface area contributed by atoms with E-state index in [1.54, 1.807) is 19.1 Å². The molecule has 0 radical (unpaired) electrons. The molecule has 1 aromatic rings. The molecule has 1 aliphatic heterocycles. The van der Waals surface area contributed by atoms with Gasteiger partial charge in [-0.2, -0.15) is 5.26 Å². The number of hydrogen-bond acceptors (Lipinski definition) is 4. The van der Waals surface area contributed by atoms with E-state index < -0.39 is 0 Å². The largest absolute Gasteiger partial charge is 0.368 e. The third-order valence-corrected chi connectivity index (χ3v) is 4.40. The summed E-state index contributed by atoms with van der Waals surface area (Å²) in [4.78, 5) is 16.6. The van der Waals surface area contributed by atoms with Gasteiger partial charge in [-0.1, -0.05) is 20.8 Å². The number of piperazine rings is 1. The highest BCUT2D eigenvalue weighted by atomic mass is 16.1. The minimum atomic E-state index is 0.0552. The zero-order valence-electron chi connectivity index (χ0n) is 14.7. The minimum Gasteiger partial charge on any atom is -0.368 e. The van der Waals surface area contributed by atoms with E-state index in [4.69, 9.17) is 5.26 Å². The first-order chi connectivity index (χ1) is 10.8. The minimum absolute atomic E-state index is 0.0552. The summed E-state index contributed by atoms with van der Waals surface area (Å²) in [5.41, 5.74) is 2.60. The number of nitriles is 1. The van der Waals surface area contributed by atoms with E-state index in [2.05, 4.69) is 36.6 Å². The van der Waals surface area contributed by atoms with Crippen molar-refractivity contribution < 1.29 is 4.79 Å². The maximum atomic E-state index is 11.9. The summed E-state index contributed by atoms with van der Waals surface area (Å²) in [7, 11) is 0. The Morgan fingerprint density at radius 1 is 1.22 bits per heavy atom. The molecule has 0 N–H and O–H groups in total. The number of rotatable bonds is 4. The lowest BCUT2D eigenvalue weighted by Crippen LogP contribution is -2.47. The Hall–Kier alpha value is -1.86. The van der Waals surface area contributed by atoms with Gasteiger partial charge < -0.3 is 4.90 Å². The standard InChI is InChI=1S/C19H27N3O/c1-15(23)17-6-5-16(14-20)13-18(17)22-11-9-21(10-12-22)8-7-19(2,3)4/h5-6,13H,7-12H2,1-4H3. The molecule has 4 nitrogen and oxygen atoms in total. The molecule has 1 aliphatic rings. The summed E-state index contributed by atoms with van der Waals surface area (Å²) >= 11 is 0. The van der Waals surface area contributed by atoms with E-state index in [1.165, 1.54) is 6.42 Å². The lowest BCUT2D eigenvalue weighted by molar-refractivity contribution is 0.101. The molecule has 0 aliphatic carbocycles. The summed E-state index contributed by atoms with van der Waals surface area (Å²) in [5.74, 6) is 0.0552. The fourth-order valence-corrected chi connectivity index (χ4v) is 2.87. The first-order valence-corrected chi connectivity index (χ1v) is 8.32. The molecule has 1 fully saturated rings. The van der Waals surface area contributed by atoms with Crippen molar-refractivity contribution in [3.8, 4) is 6.07 Å². The van der Waals surface area contributed by atoms with E-state index in [9.17, 15) is 4.79 Å². The Labute approximate surface area is 139 Å². The van der Waals surface area contributed by atoms with Crippen LogP contribution in [-0.2, 0) is 0 Å². The van der Waals surface area contributed by atoms with Gasteiger partial charge in [0.25, 0.3) is 0 Å². The monoisotopic (exact) mass is 313 g/mol. The first-order valence-electron chi connectivity index (χ1n) is 8.32. The predicted octanol–water partition coefficient (Wildman–Crippen LogP) is 3.32. The van der Waals surface area contributed by atoms with Gasteiger partial charge in [-0.3, -0.25) is 9.69 Å². The van der Waals surface area contributed by atoms with E-state index >= 15 is 0 Å². The van der Waals surface area contributed by atoms with Crippen LogP contribution in [0, 0.1) is 16.7 Å². The number of benzene rings is 1. The number of hydrogen-bond donors (Lipinski definition) is 0. The van der Waals surface area contributed by atoms with Crippen LogP contribution in [0.15, 0.2) is 18.2 Å². The van der Waals surface area contributed by atoms with Crippen molar-refractivity contribution in [2.24, 2.45) is 5.41 Å². The van der Waals surface area contributed by atoms with Crippen molar-refractivity contribution in [3.63, 3.8) is 0 Å². The number of Topliss-reactive ketones (excluding diaryl/α,β-unsaturated/α-hetero) is 1. The Bertz CT molecular complexity index is 602. The number of ketones is 1. The zero-order valence-corrected chi connectivity index (χ0v) is 14.7. The summed E-state index contributed by atoms with van der Waals surface area (Å²) in [5, 5.41) is 9.12. The van der Waals surface area contributed by atoms with Gasteiger partial charge in [0.2, 0.25) is 0 Å². The molecule has 0 spiro atoms. The maximum Gasteiger partial charge on any atom is 0.161 e. The van der Waals surface area contributed by atoms with Crippen molar-refractivity contribution in [2.45, 2.75) is 34.1 Å². The molecule has 0 atom stereocenters. The van der Waals surface area contributed by atoms with Crippen LogP contribution < -0.4 is 4.90 Å². The summed E-state index contributed by atoms with van der Waals surface area (Å²) in [6.45, 7) is 13.3. The van der Waals surface area contributed by atoms with Crippen LogP contribution in [-0.4, -0.2) is 43.4 Å². The van der Waals surface area contributed by atoms with Crippen molar-refractivity contribution in [3.05, 3.63) is 29.3 Å². The van der Waals surface area contributed by atoms with Crippen LogP contribution in [0.4, 0.5) is 5.69 Å². The van der Waals surface area contributed by atoms with Gasteiger partial charge in [0, 0.05) is 37.4 Å². The van der Waals surface area contributed by atoms with Crippen LogP contribution in [0.25, 0.3) is 0 Å². The third-order valence-electron chi connectivity index (χ3n) is 4.40. The van der Waals surface area contributed by atoms with Crippen LogP contribution in [0.5, 0.6) is 0 Å². The second-order valence-corrected chi connectivity index (χ2v) is 7.54. The number of carbonyl (C=O) groups is 1. The summed E-state index contributed by atoms with van der Waals surface area (Å²) < 4.78 is 0. The highest BCUT2D eigenvalue weighted by Gasteiger charge is 2.22. The highest BCUT2D eigenvalue weighted by Crippen LogP contribution is 2.25. The normalized spacial score (nSPS) is 16.2. The molecule has 0 aromatic heterocycles. The van der Waals surface area contributed by atoms with Crippen molar-refractivity contribution >= 4 is 11.5 Å². The second kappa shape index (κ2) is 7.14. The molecule has 1 saturated heterocycles. The molecule has 1 heterocycles. The summed E-state index contributed by atoms with van der Waals surface area (Å²) in [6, 6.07) is 7.52. The van der Waals surface area contributed by atoms with E-state index in [0.29, 0.717) is 16.5 Å². The van der Waals surface area contributed by atoms with Gasteiger partial charge >= 0.3 is 0 Å². The zero-order chi connectivity index (χ0) is 17.0. The molecule has 0 bridgehead atoms. The van der Waals surface area contributed by atoms with Gasteiger partial charge in [-0.05, 0) is 43.5 Å². The van der Waals surface area contributed by atoms with E-state index in [-0.39, 0.29) is 5.78 Å². The fourth-order valence-electron chi connectivity index (χ4n) is 2.87. The van der Waals surface area contributed by atoms with Gasteiger partial charge in [0.15, 0.2) is 5.78 Å². The molecule has 23 heavy (non-hydrogen) atoms. The average molecular weight is 313 g/mol. The Kier molecular flexibility index (Phi) is 5.43. The third kappa shape index (κ3) is 4.80. The van der Waals surface area contributed by atoms with Crippen LogP contribution in [0.3, 0.4) is 0 Å². The highest BCUT2D eigenvalue weighted by molar-refractivity contribution is 6.00. The van der Waals surface area contributed by atoms with E-state index in [1.807, 2.05) is 6.07 Å². The maximum absolute atomic E-state index is 11.9. The van der Waals surface area contributed by atoms with Crippen LogP contribution in [0.2, 0.25) is 0 Å². The molecule has 124 valence electrons. The number of nitrogens with zero attached hydrogens (tertiary/aromatic N) is 3. The molecule has 0 unspecified atom stereocenters. The molecule has 0 saturated carbocycles. The van der Waals surface area contributed by atoms with Gasteiger partial charge in [0.05, 0.1) is 11.6 Å². The molecule has 0 amide bonds. The van der Waals surface area contributed by atoms with Crippen molar-refractivity contribution in [1.82, 2.24) is 4.90 Å². The number of carbonyl (C=O) groups excluding carboxylic acids is 1. The molecule has 1 aromatic carbocycles. The Morgan fingerprint density at radius 3 is 2.39 bits per heavy atom. The van der Waals surface area contributed by atoms with Crippen LogP contribution in [0.1, 0.15) is 50.0 Å². The average Bonchev–Trinajstić information content (AvgIpc) is 2.52. The Balaban J connectivity index is 2.05. The predicted molar refractivity (Wildman–Crippen MR) is 93.9 cm³/mol. The van der Waals surface area contributed by atoms with Crippen molar-refractivity contribution in [1.29, 1.82) is 5.26 Å². The number of anilines is 1. The molecular formula is C19H27N3O. The van der Waals surface area contributed by atoms with Gasteiger partial charge in [0.1, 0.15) is 0 Å². The van der Waals surface area contributed by atoms with Gasteiger partial charge in [-0.25, -0.2) is 0 Å². The topological polar surface area (TPSA) is 47.3 Å².